The summed E-state index contributed by atoms with van der Waals surface area (Å²) in [7, 11) is 0. The van der Waals surface area contributed by atoms with Gasteiger partial charge in [-0.25, -0.2) is 0 Å². The minimum atomic E-state index is 0.933. The predicted molar refractivity (Wildman–Crippen MR) is 85.0 cm³/mol. The highest BCUT2D eigenvalue weighted by Gasteiger charge is 2.15. The van der Waals surface area contributed by atoms with Crippen molar-refractivity contribution < 1.29 is 0 Å². The molecular weight excluding hydrogens is 216 g/mol. The monoisotopic (exact) mass is 254 g/mol. The zero-order chi connectivity index (χ0) is 13.8. The summed E-state index contributed by atoms with van der Waals surface area (Å²) >= 11 is 0. The second-order valence-corrected chi connectivity index (χ2v) is 6.47. The van der Waals surface area contributed by atoms with Crippen molar-refractivity contribution in [3.63, 3.8) is 0 Å². The van der Waals surface area contributed by atoms with Gasteiger partial charge in [-0.05, 0) is 17.8 Å². The lowest BCUT2D eigenvalue weighted by atomic mass is 9.83. The summed E-state index contributed by atoms with van der Waals surface area (Å²) in [5.74, 6) is 2.88. The molecule has 0 bridgehead atoms. The van der Waals surface area contributed by atoms with E-state index in [1.807, 2.05) is 0 Å². The fourth-order valence-electron chi connectivity index (χ4n) is 2.94. The Morgan fingerprint density at radius 2 is 1.17 bits per heavy atom. The van der Waals surface area contributed by atoms with Crippen molar-refractivity contribution in [2.75, 3.05) is 0 Å². The van der Waals surface area contributed by atoms with Crippen LogP contribution >= 0.6 is 0 Å². The molecule has 0 saturated heterocycles. The van der Waals surface area contributed by atoms with Crippen LogP contribution in [-0.4, -0.2) is 0 Å². The molecule has 0 heteroatoms. The van der Waals surface area contributed by atoms with Gasteiger partial charge in [-0.2, -0.15) is 0 Å². The summed E-state index contributed by atoms with van der Waals surface area (Å²) in [5, 5.41) is 0. The van der Waals surface area contributed by atoms with Crippen LogP contribution in [0.1, 0.15) is 98.8 Å². The van der Waals surface area contributed by atoms with Crippen molar-refractivity contribution in [3.05, 3.63) is 0 Å². The largest absolute Gasteiger partial charge is 0.0654 e. The van der Waals surface area contributed by atoms with Crippen molar-refractivity contribution in [1.29, 1.82) is 0 Å². The van der Waals surface area contributed by atoms with Crippen molar-refractivity contribution in [2.45, 2.75) is 98.8 Å². The Kier molecular flexibility index (Phi) is 12.1. The second-order valence-electron chi connectivity index (χ2n) is 6.47. The normalized spacial score (nSPS) is 16.5. The molecule has 0 N–H and O–H groups in total. The molecule has 0 radical (unpaired) electrons. The Balaban J connectivity index is 3.80. The van der Waals surface area contributed by atoms with E-state index in [9.17, 15) is 0 Å². The fraction of sp³-hybridized carbons (Fsp3) is 1.00. The lowest BCUT2D eigenvalue weighted by molar-refractivity contribution is 0.283. The molecule has 0 rings (SSSR count). The minimum absolute atomic E-state index is 0.933. The molecule has 0 saturated carbocycles. The first-order chi connectivity index (χ1) is 8.65. The van der Waals surface area contributed by atoms with Gasteiger partial charge >= 0.3 is 0 Å². The molecule has 110 valence electrons. The molecule has 0 fully saturated rings. The molecule has 0 aromatic rings. The van der Waals surface area contributed by atoms with Gasteiger partial charge in [0.05, 0.1) is 0 Å². The van der Waals surface area contributed by atoms with Gasteiger partial charge in [-0.3, -0.25) is 0 Å². The average Bonchev–Trinajstić information content (AvgIpc) is 2.39. The smallest absolute Gasteiger partial charge is 0.0389 e. The Morgan fingerprint density at radius 3 is 1.72 bits per heavy atom. The molecule has 0 spiro atoms. The third kappa shape index (κ3) is 9.00. The Morgan fingerprint density at radius 1 is 0.667 bits per heavy atom. The summed E-state index contributed by atoms with van der Waals surface area (Å²) in [6.45, 7) is 11.9. The van der Waals surface area contributed by atoms with E-state index >= 15 is 0 Å². The summed E-state index contributed by atoms with van der Waals surface area (Å²) in [6, 6.07) is 0. The molecule has 0 aromatic carbocycles. The molecule has 18 heavy (non-hydrogen) atoms. The molecule has 3 atom stereocenters. The van der Waals surface area contributed by atoms with E-state index in [0.29, 0.717) is 0 Å². The topological polar surface area (TPSA) is 0 Å². The molecule has 0 heterocycles. The van der Waals surface area contributed by atoms with E-state index in [1.165, 1.54) is 64.2 Å². The zero-order valence-electron chi connectivity index (χ0n) is 13.8. The molecule has 0 aliphatic rings. The van der Waals surface area contributed by atoms with Gasteiger partial charge in [0.2, 0.25) is 0 Å². The van der Waals surface area contributed by atoms with Gasteiger partial charge in [0, 0.05) is 0 Å². The van der Waals surface area contributed by atoms with Gasteiger partial charge < -0.3 is 0 Å². The maximum atomic E-state index is 2.46. The van der Waals surface area contributed by atoms with Crippen LogP contribution in [-0.2, 0) is 0 Å². The number of unbranched alkanes of at least 4 members (excludes halogenated alkanes) is 2. The van der Waals surface area contributed by atoms with Crippen LogP contribution in [0.5, 0.6) is 0 Å². The highest BCUT2D eigenvalue weighted by atomic mass is 14.2. The quantitative estimate of drug-likeness (QED) is 0.358. The van der Waals surface area contributed by atoms with E-state index in [-0.39, 0.29) is 0 Å². The highest BCUT2D eigenvalue weighted by Crippen LogP contribution is 2.28. The standard InChI is InChI=1S/C18H38/c1-6-9-12-16(4)13-11-15-18(14-10-7-2)17(5)8-3/h16-18H,6-15H2,1-5H3. The van der Waals surface area contributed by atoms with Gasteiger partial charge in [-0.15, -0.1) is 0 Å². The fourth-order valence-corrected chi connectivity index (χ4v) is 2.94. The van der Waals surface area contributed by atoms with E-state index in [2.05, 4.69) is 34.6 Å². The molecule has 0 aliphatic carbocycles. The summed E-state index contributed by atoms with van der Waals surface area (Å²) in [4.78, 5) is 0. The van der Waals surface area contributed by atoms with E-state index in [4.69, 9.17) is 0 Å². The maximum absolute atomic E-state index is 2.46. The zero-order valence-corrected chi connectivity index (χ0v) is 13.8. The lowest BCUT2D eigenvalue weighted by Crippen LogP contribution is -2.11. The first-order valence-corrected chi connectivity index (χ1v) is 8.65. The maximum Gasteiger partial charge on any atom is -0.0389 e. The molecular formula is C18H38. The van der Waals surface area contributed by atoms with Crippen LogP contribution in [0.25, 0.3) is 0 Å². The predicted octanol–water partition coefficient (Wildman–Crippen LogP) is 6.84. The Labute approximate surface area is 117 Å². The van der Waals surface area contributed by atoms with E-state index in [0.717, 1.165) is 17.8 Å². The summed E-state index contributed by atoms with van der Waals surface area (Å²) in [5.41, 5.74) is 0. The van der Waals surface area contributed by atoms with Crippen molar-refractivity contribution >= 4 is 0 Å². The van der Waals surface area contributed by atoms with Crippen LogP contribution in [0, 0.1) is 17.8 Å². The SMILES string of the molecule is CCCCC(C)CCCC(CCCC)C(C)CC. The third-order valence-corrected chi connectivity index (χ3v) is 4.70. The first kappa shape index (κ1) is 18.0. The Hall–Kier alpha value is 0. The minimum Gasteiger partial charge on any atom is -0.0654 e. The molecule has 0 aliphatic heterocycles. The van der Waals surface area contributed by atoms with Crippen molar-refractivity contribution in [1.82, 2.24) is 0 Å². The van der Waals surface area contributed by atoms with Crippen LogP contribution < -0.4 is 0 Å². The summed E-state index contributed by atoms with van der Waals surface area (Å²) in [6.07, 6.45) is 14.2. The molecule has 0 aromatic heterocycles. The highest BCUT2D eigenvalue weighted by molar-refractivity contribution is 4.67. The van der Waals surface area contributed by atoms with E-state index < -0.39 is 0 Å². The second kappa shape index (κ2) is 12.1. The van der Waals surface area contributed by atoms with Crippen LogP contribution in [0.15, 0.2) is 0 Å². The first-order valence-electron chi connectivity index (χ1n) is 8.65. The summed E-state index contributed by atoms with van der Waals surface area (Å²) < 4.78 is 0. The number of hydrogen-bond donors (Lipinski definition) is 0. The van der Waals surface area contributed by atoms with Crippen LogP contribution in [0.4, 0.5) is 0 Å². The van der Waals surface area contributed by atoms with Gasteiger partial charge in [0.25, 0.3) is 0 Å². The van der Waals surface area contributed by atoms with Crippen molar-refractivity contribution in [3.8, 4) is 0 Å². The molecule has 0 amide bonds. The van der Waals surface area contributed by atoms with Gasteiger partial charge in [0.1, 0.15) is 0 Å². The van der Waals surface area contributed by atoms with Crippen molar-refractivity contribution in [2.24, 2.45) is 17.8 Å². The van der Waals surface area contributed by atoms with Gasteiger partial charge in [0.15, 0.2) is 0 Å². The Bertz CT molecular complexity index is 161. The number of hydrogen-bond acceptors (Lipinski definition) is 0. The van der Waals surface area contributed by atoms with Crippen LogP contribution in [0.2, 0.25) is 0 Å². The average molecular weight is 255 g/mol. The number of rotatable bonds is 12. The molecule has 0 nitrogen and oxygen atoms in total. The van der Waals surface area contributed by atoms with E-state index in [1.54, 1.807) is 0 Å². The molecule has 3 unspecified atom stereocenters. The lowest BCUT2D eigenvalue weighted by Gasteiger charge is -2.23. The van der Waals surface area contributed by atoms with Crippen LogP contribution in [0.3, 0.4) is 0 Å². The van der Waals surface area contributed by atoms with Gasteiger partial charge in [-0.1, -0.05) is 98.8 Å². The third-order valence-electron chi connectivity index (χ3n) is 4.70.